The molecule has 7 nitrogen and oxygen atoms in total. The summed E-state index contributed by atoms with van der Waals surface area (Å²) in [6, 6.07) is 11.3. The Morgan fingerprint density at radius 1 is 1.27 bits per heavy atom. The van der Waals surface area contributed by atoms with Crippen molar-refractivity contribution in [1.82, 2.24) is 15.2 Å². The van der Waals surface area contributed by atoms with Crippen LogP contribution in [0.1, 0.15) is 31.2 Å². The fourth-order valence-electron chi connectivity index (χ4n) is 4.02. The second-order valence-electron chi connectivity index (χ2n) is 7.77. The largest absolute Gasteiger partial charge is 0.495 e. The Morgan fingerprint density at radius 3 is 2.97 bits per heavy atom. The van der Waals surface area contributed by atoms with Gasteiger partial charge in [0.1, 0.15) is 16.8 Å². The van der Waals surface area contributed by atoms with E-state index in [0.717, 1.165) is 49.9 Å². The maximum Gasteiger partial charge on any atom is 0.224 e. The van der Waals surface area contributed by atoms with Crippen LogP contribution in [0.5, 0.6) is 5.75 Å². The van der Waals surface area contributed by atoms with Crippen LogP contribution in [-0.2, 0) is 11.3 Å². The van der Waals surface area contributed by atoms with Crippen LogP contribution in [0, 0.1) is 5.92 Å². The van der Waals surface area contributed by atoms with E-state index in [2.05, 4.69) is 26.6 Å². The van der Waals surface area contributed by atoms with Crippen LogP contribution in [0.3, 0.4) is 0 Å². The predicted molar refractivity (Wildman–Crippen MR) is 116 cm³/mol. The Bertz CT molecular complexity index is 1020. The fourth-order valence-corrected chi connectivity index (χ4v) is 4.28. The summed E-state index contributed by atoms with van der Waals surface area (Å²) in [7, 11) is 1.57. The highest BCUT2D eigenvalue weighted by Gasteiger charge is 2.21. The van der Waals surface area contributed by atoms with E-state index in [4.69, 9.17) is 21.0 Å². The van der Waals surface area contributed by atoms with Gasteiger partial charge in [-0.25, -0.2) is 4.63 Å². The zero-order valence-corrected chi connectivity index (χ0v) is 17.7. The average Bonchev–Trinajstić information content (AvgIpc) is 3.21. The highest BCUT2D eigenvalue weighted by Crippen LogP contribution is 2.28. The van der Waals surface area contributed by atoms with E-state index in [0.29, 0.717) is 28.8 Å². The minimum atomic E-state index is 0.0114. The molecule has 0 radical (unpaired) electrons. The summed E-state index contributed by atoms with van der Waals surface area (Å²) in [4.78, 5) is 14.8. The molecule has 1 atom stereocenters. The van der Waals surface area contributed by atoms with Crippen molar-refractivity contribution in [2.75, 3.05) is 25.5 Å². The van der Waals surface area contributed by atoms with Gasteiger partial charge in [-0.3, -0.25) is 9.69 Å². The summed E-state index contributed by atoms with van der Waals surface area (Å²) in [6.07, 6.45) is 3.68. The number of anilines is 1. The van der Waals surface area contributed by atoms with Crippen LogP contribution in [0.4, 0.5) is 5.69 Å². The van der Waals surface area contributed by atoms with E-state index in [9.17, 15) is 4.79 Å². The van der Waals surface area contributed by atoms with Gasteiger partial charge in [0.05, 0.1) is 12.1 Å². The molecule has 1 saturated heterocycles. The first-order valence-corrected chi connectivity index (χ1v) is 10.6. The highest BCUT2D eigenvalue weighted by molar-refractivity contribution is 6.32. The Hall–Kier alpha value is -2.64. The summed E-state index contributed by atoms with van der Waals surface area (Å²) < 4.78 is 9.92. The van der Waals surface area contributed by atoms with Gasteiger partial charge < -0.3 is 10.1 Å². The number of hydrogen-bond donors (Lipinski definition) is 1. The third-order valence-electron chi connectivity index (χ3n) is 5.54. The van der Waals surface area contributed by atoms with E-state index < -0.39 is 0 Å². The molecule has 1 N–H and O–H groups in total. The van der Waals surface area contributed by atoms with Crippen LogP contribution in [0.2, 0.25) is 5.02 Å². The summed E-state index contributed by atoms with van der Waals surface area (Å²) in [5.41, 5.74) is 3.46. The summed E-state index contributed by atoms with van der Waals surface area (Å²) in [6.45, 7) is 2.94. The minimum absolute atomic E-state index is 0.0114. The summed E-state index contributed by atoms with van der Waals surface area (Å²) in [5, 5.41) is 11.2. The number of carbonyl (C=O) groups is 1. The van der Waals surface area contributed by atoms with Gasteiger partial charge in [-0.15, -0.1) is 0 Å². The Morgan fingerprint density at radius 2 is 2.13 bits per heavy atom. The van der Waals surface area contributed by atoms with Crippen LogP contribution < -0.4 is 10.1 Å². The molecule has 2 heterocycles. The predicted octanol–water partition coefficient (Wildman–Crippen LogP) is 4.52. The molecule has 8 heteroatoms. The number of ether oxygens (including phenoxy) is 1. The Balaban J connectivity index is 1.26. The van der Waals surface area contributed by atoms with Crippen molar-refractivity contribution in [2.24, 2.45) is 5.92 Å². The van der Waals surface area contributed by atoms with Gasteiger partial charge in [0.2, 0.25) is 5.91 Å². The number of hydrogen-bond acceptors (Lipinski definition) is 6. The molecule has 0 bridgehead atoms. The van der Waals surface area contributed by atoms with E-state index in [1.165, 1.54) is 5.56 Å². The molecule has 4 rings (SSSR count). The standard InChI is InChI=1S/C22H25ClN4O3/c1-29-21-8-6-17(12-18(21)23)24-22(28)9-5-15-3-2-10-27(13-15)14-16-4-7-19-20(11-16)26-30-25-19/h4,6-8,11-12,15H,2-3,5,9-10,13-14H2,1H3,(H,24,28)/t15-/m1/s1. The van der Waals surface area contributed by atoms with Gasteiger partial charge >= 0.3 is 0 Å². The van der Waals surface area contributed by atoms with Crippen LogP contribution in [0.25, 0.3) is 11.0 Å². The topological polar surface area (TPSA) is 80.5 Å². The van der Waals surface area contributed by atoms with Crippen molar-refractivity contribution in [3.8, 4) is 5.75 Å². The third-order valence-corrected chi connectivity index (χ3v) is 5.84. The van der Waals surface area contributed by atoms with Crippen molar-refractivity contribution in [3.63, 3.8) is 0 Å². The van der Waals surface area contributed by atoms with E-state index in [1.54, 1.807) is 25.3 Å². The second kappa shape index (κ2) is 9.45. The quantitative estimate of drug-likeness (QED) is 0.596. The van der Waals surface area contributed by atoms with E-state index >= 15 is 0 Å². The molecular formula is C22H25ClN4O3. The first-order chi connectivity index (χ1) is 14.6. The van der Waals surface area contributed by atoms with Crippen LogP contribution >= 0.6 is 11.6 Å². The molecule has 1 aliphatic heterocycles. The van der Waals surface area contributed by atoms with Crippen molar-refractivity contribution >= 4 is 34.2 Å². The van der Waals surface area contributed by atoms with Crippen molar-refractivity contribution in [2.45, 2.75) is 32.2 Å². The molecule has 1 aromatic heterocycles. The first-order valence-electron chi connectivity index (χ1n) is 10.2. The molecule has 0 saturated carbocycles. The Kier molecular flexibility index (Phi) is 6.50. The smallest absolute Gasteiger partial charge is 0.224 e. The second-order valence-corrected chi connectivity index (χ2v) is 8.17. The highest BCUT2D eigenvalue weighted by atomic mass is 35.5. The third kappa shape index (κ3) is 5.09. The number of piperidine rings is 1. The summed E-state index contributed by atoms with van der Waals surface area (Å²) >= 11 is 6.13. The fraction of sp³-hybridized carbons (Fsp3) is 0.409. The maximum atomic E-state index is 12.4. The first kappa shape index (κ1) is 20.6. The number of methoxy groups -OCH3 is 1. The van der Waals surface area contributed by atoms with Gasteiger partial charge in [-0.05, 0) is 77.9 Å². The summed E-state index contributed by atoms with van der Waals surface area (Å²) in [5.74, 6) is 1.12. The molecule has 0 unspecified atom stereocenters. The number of nitrogens with one attached hydrogen (secondary N) is 1. The monoisotopic (exact) mass is 428 g/mol. The SMILES string of the molecule is COc1ccc(NC(=O)CC[C@H]2CCCN(Cc3ccc4nonc4c3)C2)cc1Cl. The number of halogens is 1. The molecule has 1 fully saturated rings. The van der Waals surface area contributed by atoms with Gasteiger partial charge in [-0.1, -0.05) is 17.7 Å². The van der Waals surface area contributed by atoms with Crippen LogP contribution in [-0.4, -0.2) is 41.3 Å². The molecule has 158 valence electrons. The molecule has 2 aromatic carbocycles. The van der Waals surface area contributed by atoms with Crippen LogP contribution in [0.15, 0.2) is 41.0 Å². The number of aromatic nitrogens is 2. The zero-order chi connectivity index (χ0) is 20.9. The molecule has 0 spiro atoms. The molecule has 3 aromatic rings. The lowest BCUT2D eigenvalue weighted by Gasteiger charge is -2.32. The zero-order valence-electron chi connectivity index (χ0n) is 16.9. The number of carbonyl (C=O) groups excluding carboxylic acids is 1. The number of fused-ring (bicyclic) bond motifs is 1. The van der Waals surface area contributed by atoms with E-state index in [-0.39, 0.29) is 5.91 Å². The average molecular weight is 429 g/mol. The lowest BCUT2D eigenvalue weighted by molar-refractivity contribution is -0.116. The van der Waals surface area contributed by atoms with E-state index in [1.807, 2.05) is 12.1 Å². The number of nitrogens with zero attached hydrogens (tertiary/aromatic N) is 3. The molecule has 30 heavy (non-hydrogen) atoms. The van der Waals surface area contributed by atoms with Gasteiger partial charge in [-0.2, -0.15) is 0 Å². The van der Waals surface area contributed by atoms with Crippen molar-refractivity contribution in [3.05, 3.63) is 47.0 Å². The van der Waals surface area contributed by atoms with Crippen molar-refractivity contribution < 1.29 is 14.2 Å². The lowest BCUT2D eigenvalue weighted by Crippen LogP contribution is -2.35. The van der Waals surface area contributed by atoms with Gasteiger partial charge in [0.15, 0.2) is 0 Å². The van der Waals surface area contributed by atoms with Gasteiger partial charge in [0.25, 0.3) is 0 Å². The number of rotatable bonds is 7. The molecule has 1 amide bonds. The normalized spacial score (nSPS) is 17.2. The minimum Gasteiger partial charge on any atom is -0.495 e. The Labute approximate surface area is 180 Å². The molecule has 1 aliphatic rings. The number of likely N-dealkylation sites (tertiary alicyclic amines) is 1. The number of amides is 1. The van der Waals surface area contributed by atoms with Crippen molar-refractivity contribution in [1.29, 1.82) is 0 Å². The molecule has 0 aliphatic carbocycles. The number of benzene rings is 2. The van der Waals surface area contributed by atoms with Gasteiger partial charge in [0, 0.05) is 25.2 Å². The lowest BCUT2D eigenvalue weighted by atomic mass is 9.93. The maximum absolute atomic E-state index is 12.4. The molecular weight excluding hydrogens is 404 g/mol.